The van der Waals surface area contributed by atoms with Crippen molar-refractivity contribution in [1.82, 2.24) is 0 Å². The van der Waals surface area contributed by atoms with Crippen LogP contribution in [0.1, 0.15) is 16.6 Å². The minimum Gasteiger partial charge on any atom is -0.486 e. The van der Waals surface area contributed by atoms with Gasteiger partial charge in [0.2, 0.25) is 0 Å². The van der Waals surface area contributed by atoms with Gasteiger partial charge >= 0.3 is 5.97 Å². The van der Waals surface area contributed by atoms with E-state index in [1.807, 2.05) is 0 Å². The molecule has 0 saturated carbocycles. The summed E-state index contributed by atoms with van der Waals surface area (Å²) in [6, 6.07) is 8.52. The van der Waals surface area contributed by atoms with Crippen LogP contribution in [0, 0.1) is 0 Å². The van der Waals surface area contributed by atoms with Crippen molar-refractivity contribution < 1.29 is 23.8 Å². The Morgan fingerprint density at radius 1 is 1.22 bits per heavy atom. The van der Waals surface area contributed by atoms with Crippen LogP contribution in [-0.2, 0) is 9.53 Å². The van der Waals surface area contributed by atoms with Crippen LogP contribution in [0.15, 0.2) is 35.7 Å². The summed E-state index contributed by atoms with van der Waals surface area (Å²) in [5.74, 6) is 0.306. The monoisotopic (exact) mass is 333 g/mol. The fourth-order valence-electron chi connectivity index (χ4n) is 2.03. The number of thiophene rings is 1. The number of carbonyl (C=O) groups is 2. The molecule has 23 heavy (non-hydrogen) atoms. The van der Waals surface area contributed by atoms with Gasteiger partial charge in [-0.05, 0) is 30.5 Å². The molecular weight excluding hydrogens is 318 g/mol. The summed E-state index contributed by atoms with van der Waals surface area (Å²) in [5.41, 5.74) is 0.554. The van der Waals surface area contributed by atoms with E-state index in [1.54, 1.807) is 35.7 Å². The maximum absolute atomic E-state index is 12.1. The van der Waals surface area contributed by atoms with Crippen molar-refractivity contribution in [3.8, 4) is 11.5 Å². The molecule has 3 rings (SSSR count). The molecule has 1 aromatic carbocycles. The van der Waals surface area contributed by atoms with Crippen LogP contribution in [0.5, 0.6) is 11.5 Å². The summed E-state index contributed by atoms with van der Waals surface area (Å²) in [4.78, 5) is 24.4. The van der Waals surface area contributed by atoms with Crippen LogP contribution in [0.2, 0.25) is 0 Å². The Bertz CT molecular complexity index is 713. The van der Waals surface area contributed by atoms with E-state index in [9.17, 15) is 9.59 Å². The molecule has 1 aliphatic rings. The molecule has 2 heterocycles. The van der Waals surface area contributed by atoms with E-state index < -0.39 is 18.0 Å². The molecular formula is C16H15NO5S. The summed E-state index contributed by atoms with van der Waals surface area (Å²) < 4.78 is 16.0. The highest BCUT2D eigenvalue weighted by molar-refractivity contribution is 7.11. The van der Waals surface area contributed by atoms with Gasteiger partial charge in [-0.1, -0.05) is 6.07 Å². The van der Waals surface area contributed by atoms with Crippen LogP contribution in [0.4, 0.5) is 5.69 Å². The van der Waals surface area contributed by atoms with Crippen molar-refractivity contribution >= 4 is 28.9 Å². The van der Waals surface area contributed by atoms with Gasteiger partial charge < -0.3 is 19.5 Å². The van der Waals surface area contributed by atoms with E-state index in [4.69, 9.17) is 14.2 Å². The molecule has 0 bridgehead atoms. The number of hydrogen-bond donors (Lipinski definition) is 1. The molecule has 0 radical (unpaired) electrons. The molecule has 0 fully saturated rings. The smallest absolute Gasteiger partial charge is 0.349 e. The molecule has 0 saturated heterocycles. The van der Waals surface area contributed by atoms with Crippen LogP contribution in [0.3, 0.4) is 0 Å². The first-order chi connectivity index (χ1) is 11.1. The second-order valence-corrected chi connectivity index (χ2v) is 5.82. The van der Waals surface area contributed by atoms with Gasteiger partial charge in [0.05, 0.1) is 0 Å². The third kappa shape index (κ3) is 3.62. The highest BCUT2D eigenvalue weighted by Crippen LogP contribution is 2.32. The van der Waals surface area contributed by atoms with Crippen molar-refractivity contribution in [2.45, 2.75) is 13.0 Å². The molecule has 1 atom stereocenters. The predicted octanol–water partition coefficient (Wildman–Crippen LogP) is 2.70. The minimum absolute atomic E-state index is 0.411. The van der Waals surface area contributed by atoms with Crippen molar-refractivity contribution in [3.05, 3.63) is 40.6 Å². The lowest BCUT2D eigenvalue weighted by atomic mass is 10.2. The Morgan fingerprint density at radius 3 is 2.74 bits per heavy atom. The molecule has 120 valence electrons. The quantitative estimate of drug-likeness (QED) is 0.871. The number of benzene rings is 1. The molecule has 1 unspecified atom stereocenters. The summed E-state index contributed by atoms with van der Waals surface area (Å²) >= 11 is 1.27. The van der Waals surface area contributed by atoms with Gasteiger partial charge in [-0.2, -0.15) is 0 Å². The maximum Gasteiger partial charge on any atom is 0.349 e. The second kappa shape index (κ2) is 6.70. The van der Waals surface area contributed by atoms with Crippen LogP contribution in [0.25, 0.3) is 0 Å². The number of esters is 1. The zero-order valence-electron chi connectivity index (χ0n) is 12.4. The highest BCUT2D eigenvalue weighted by atomic mass is 32.1. The zero-order chi connectivity index (χ0) is 16.2. The lowest BCUT2D eigenvalue weighted by Gasteiger charge is -2.19. The SMILES string of the molecule is CC(OC(=O)c1cccs1)C(=O)Nc1ccc2c(c1)OCCO2. The molecule has 0 spiro atoms. The van der Waals surface area contributed by atoms with Crippen molar-refractivity contribution in [3.63, 3.8) is 0 Å². The summed E-state index contributed by atoms with van der Waals surface area (Å²) in [7, 11) is 0. The Labute approximate surface area is 137 Å². The summed E-state index contributed by atoms with van der Waals surface area (Å²) in [6.45, 7) is 2.51. The number of anilines is 1. The Hall–Kier alpha value is -2.54. The molecule has 1 N–H and O–H groups in total. The Balaban J connectivity index is 1.61. The van der Waals surface area contributed by atoms with Gasteiger partial charge in [-0.15, -0.1) is 11.3 Å². The summed E-state index contributed by atoms with van der Waals surface area (Å²) in [6.07, 6.45) is -0.905. The zero-order valence-corrected chi connectivity index (χ0v) is 13.2. The van der Waals surface area contributed by atoms with E-state index in [-0.39, 0.29) is 0 Å². The molecule has 1 amide bonds. The normalized spacial score (nSPS) is 14.0. The molecule has 0 aliphatic carbocycles. The maximum atomic E-state index is 12.1. The number of fused-ring (bicyclic) bond motifs is 1. The summed E-state index contributed by atoms with van der Waals surface area (Å²) in [5, 5.41) is 4.47. The largest absolute Gasteiger partial charge is 0.486 e. The average molecular weight is 333 g/mol. The fraction of sp³-hybridized carbons (Fsp3) is 0.250. The number of nitrogens with one attached hydrogen (secondary N) is 1. The first kappa shape index (κ1) is 15.4. The van der Waals surface area contributed by atoms with E-state index in [0.717, 1.165) is 0 Å². The Morgan fingerprint density at radius 2 is 2.00 bits per heavy atom. The number of hydrogen-bond acceptors (Lipinski definition) is 6. The van der Waals surface area contributed by atoms with E-state index in [0.29, 0.717) is 35.3 Å². The van der Waals surface area contributed by atoms with Crippen molar-refractivity contribution in [2.75, 3.05) is 18.5 Å². The van der Waals surface area contributed by atoms with Gasteiger partial charge in [0.15, 0.2) is 17.6 Å². The lowest BCUT2D eigenvalue weighted by molar-refractivity contribution is -0.123. The third-order valence-corrected chi connectivity index (χ3v) is 4.04. The molecule has 7 heteroatoms. The van der Waals surface area contributed by atoms with Gasteiger partial charge in [-0.3, -0.25) is 4.79 Å². The van der Waals surface area contributed by atoms with Gasteiger partial charge in [0.25, 0.3) is 5.91 Å². The standard InChI is InChI=1S/C16H15NO5S/c1-10(22-16(19)14-3-2-8-23-14)15(18)17-11-4-5-12-13(9-11)21-7-6-20-12/h2-5,8-10H,6-7H2,1H3,(H,17,18). The van der Waals surface area contributed by atoms with Crippen molar-refractivity contribution in [1.29, 1.82) is 0 Å². The number of ether oxygens (including phenoxy) is 3. The van der Waals surface area contributed by atoms with Gasteiger partial charge in [-0.25, -0.2) is 4.79 Å². The minimum atomic E-state index is -0.905. The van der Waals surface area contributed by atoms with E-state index in [1.165, 1.54) is 18.3 Å². The molecule has 1 aromatic heterocycles. The molecule has 1 aliphatic heterocycles. The van der Waals surface area contributed by atoms with Gasteiger partial charge in [0.1, 0.15) is 18.1 Å². The number of amides is 1. The number of carbonyl (C=O) groups excluding carboxylic acids is 2. The molecule has 2 aromatic rings. The average Bonchev–Trinajstić information content (AvgIpc) is 3.09. The highest BCUT2D eigenvalue weighted by Gasteiger charge is 2.20. The lowest BCUT2D eigenvalue weighted by Crippen LogP contribution is -2.29. The van der Waals surface area contributed by atoms with Crippen molar-refractivity contribution in [2.24, 2.45) is 0 Å². The van der Waals surface area contributed by atoms with Crippen LogP contribution in [-0.4, -0.2) is 31.2 Å². The Kier molecular flexibility index (Phi) is 4.47. The number of rotatable bonds is 4. The topological polar surface area (TPSA) is 73.9 Å². The first-order valence-corrected chi connectivity index (χ1v) is 7.96. The van der Waals surface area contributed by atoms with Crippen LogP contribution < -0.4 is 14.8 Å². The molecule has 6 nitrogen and oxygen atoms in total. The fourth-order valence-corrected chi connectivity index (χ4v) is 2.64. The van der Waals surface area contributed by atoms with E-state index in [2.05, 4.69) is 5.32 Å². The predicted molar refractivity (Wildman–Crippen MR) is 85.3 cm³/mol. The van der Waals surface area contributed by atoms with E-state index >= 15 is 0 Å². The van der Waals surface area contributed by atoms with Crippen LogP contribution >= 0.6 is 11.3 Å². The second-order valence-electron chi connectivity index (χ2n) is 4.87. The first-order valence-electron chi connectivity index (χ1n) is 7.08. The van der Waals surface area contributed by atoms with Gasteiger partial charge in [0, 0.05) is 11.8 Å². The third-order valence-electron chi connectivity index (χ3n) is 3.19.